The van der Waals surface area contributed by atoms with Gasteiger partial charge in [-0.25, -0.2) is 0 Å². The smallest absolute Gasteiger partial charge is 0.322 e. The Morgan fingerprint density at radius 3 is 2.43 bits per heavy atom. The van der Waals surface area contributed by atoms with E-state index in [2.05, 4.69) is 5.32 Å². The quantitative estimate of drug-likeness (QED) is 0.674. The zero-order valence-corrected chi connectivity index (χ0v) is 15.9. The molecule has 28 heavy (non-hydrogen) atoms. The number of hydrogen-bond donors (Lipinski definition) is 2. The van der Waals surface area contributed by atoms with Gasteiger partial charge in [0.05, 0.1) is 6.10 Å². The van der Waals surface area contributed by atoms with Crippen LogP contribution in [0.5, 0.6) is 5.75 Å². The summed E-state index contributed by atoms with van der Waals surface area (Å²) in [6, 6.07) is 7.40. The molecule has 1 aliphatic carbocycles. The van der Waals surface area contributed by atoms with Crippen LogP contribution in [0, 0.1) is 11.3 Å². The third kappa shape index (κ3) is 4.49. The predicted octanol–water partition coefficient (Wildman–Crippen LogP) is 0.982. The molecule has 0 aromatic heterocycles. The number of nitrogens with one attached hydrogen (secondary N) is 1. The molecule has 1 aromatic rings. The van der Waals surface area contributed by atoms with Gasteiger partial charge in [0.2, 0.25) is 11.8 Å². The Labute approximate surface area is 162 Å². The number of amides is 2. The van der Waals surface area contributed by atoms with Crippen LogP contribution in [0.3, 0.4) is 0 Å². The third-order valence-electron chi connectivity index (χ3n) is 4.87. The molecule has 3 rings (SSSR count). The fourth-order valence-electron chi connectivity index (χ4n) is 3.22. The Kier molecular flexibility index (Phi) is 5.40. The number of piperidine rings is 1. The van der Waals surface area contributed by atoms with Crippen molar-refractivity contribution in [2.24, 2.45) is 11.3 Å². The number of carboxylic acids is 1. The number of carbonyl (C=O) groups excluding carboxylic acids is 3. The van der Waals surface area contributed by atoms with Crippen LogP contribution in [0.4, 0.5) is 0 Å². The number of Topliss-reactive ketones (excluding diaryl/α,β-unsaturated/α-hetero) is 1. The average molecular weight is 388 g/mol. The molecule has 150 valence electrons. The first kappa shape index (κ1) is 19.9. The predicted molar refractivity (Wildman–Crippen MR) is 98.4 cm³/mol. The number of carboxylic acid groups (broad SMARTS) is 1. The average Bonchev–Trinajstić information content (AvgIpc) is 3.44. The Hall–Kier alpha value is -2.90. The molecule has 0 spiro atoms. The molecule has 1 heterocycles. The van der Waals surface area contributed by atoms with E-state index in [1.54, 1.807) is 13.8 Å². The lowest BCUT2D eigenvalue weighted by molar-refractivity contribution is -0.158. The molecule has 2 fully saturated rings. The van der Waals surface area contributed by atoms with Gasteiger partial charge in [-0.1, -0.05) is 26.0 Å². The van der Waals surface area contributed by atoms with Crippen molar-refractivity contribution in [3.63, 3.8) is 0 Å². The molecule has 0 radical (unpaired) electrons. The first-order chi connectivity index (χ1) is 13.2. The lowest BCUT2D eigenvalue weighted by Gasteiger charge is -2.40. The molecule has 2 N–H and O–H groups in total. The van der Waals surface area contributed by atoms with Crippen molar-refractivity contribution < 1.29 is 29.0 Å². The molecule has 8 nitrogen and oxygen atoms in total. The Morgan fingerprint density at radius 2 is 1.86 bits per heavy atom. The van der Waals surface area contributed by atoms with E-state index in [1.807, 2.05) is 24.3 Å². The molecule has 0 bridgehead atoms. The molecular weight excluding hydrogens is 364 g/mol. The monoisotopic (exact) mass is 388 g/mol. The Bertz CT molecular complexity index is 797. The van der Waals surface area contributed by atoms with Crippen LogP contribution in [-0.2, 0) is 25.7 Å². The summed E-state index contributed by atoms with van der Waals surface area (Å²) in [5, 5.41) is 10.9. The second kappa shape index (κ2) is 7.61. The van der Waals surface area contributed by atoms with E-state index in [0.29, 0.717) is 6.10 Å². The molecule has 1 aromatic carbocycles. The first-order valence-electron chi connectivity index (χ1n) is 9.25. The summed E-state index contributed by atoms with van der Waals surface area (Å²) in [6.07, 6.45) is 2.43. The fraction of sp³-hybridized carbons (Fsp3) is 0.500. The van der Waals surface area contributed by atoms with Crippen molar-refractivity contribution in [3.05, 3.63) is 29.8 Å². The highest BCUT2D eigenvalue weighted by Crippen LogP contribution is 2.31. The summed E-state index contributed by atoms with van der Waals surface area (Å²) >= 11 is 0. The van der Waals surface area contributed by atoms with Crippen LogP contribution in [0.1, 0.15) is 32.3 Å². The van der Waals surface area contributed by atoms with E-state index in [1.165, 1.54) is 4.90 Å². The Balaban J connectivity index is 1.72. The molecule has 1 saturated heterocycles. The number of benzene rings is 1. The largest absolute Gasteiger partial charge is 0.490 e. The summed E-state index contributed by atoms with van der Waals surface area (Å²) in [5.41, 5.74) is -0.0555. The van der Waals surface area contributed by atoms with Crippen molar-refractivity contribution in [2.45, 2.75) is 39.3 Å². The summed E-state index contributed by atoms with van der Waals surface area (Å²) in [7, 11) is 0. The van der Waals surface area contributed by atoms with Crippen molar-refractivity contribution in [1.82, 2.24) is 10.2 Å². The highest BCUT2D eigenvalue weighted by Gasteiger charge is 2.49. The van der Waals surface area contributed by atoms with Gasteiger partial charge in [-0.15, -0.1) is 0 Å². The maximum atomic E-state index is 12.8. The number of rotatable bonds is 7. The van der Waals surface area contributed by atoms with Gasteiger partial charge in [0.15, 0.2) is 11.7 Å². The van der Waals surface area contributed by atoms with Crippen molar-refractivity contribution in [1.29, 1.82) is 0 Å². The number of aliphatic carboxylic acids is 1. The molecular formula is C20H24N2O6. The summed E-state index contributed by atoms with van der Waals surface area (Å²) in [5.74, 6) is -3.97. The van der Waals surface area contributed by atoms with E-state index in [-0.39, 0.29) is 13.1 Å². The third-order valence-corrected chi connectivity index (χ3v) is 4.87. The van der Waals surface area contributed by atoms with E-state index in [4.69, 9.17) is 9.84 Å². The number of carbonyl (C=O) groups is 4. The molecule has 2 aliphatic rings. The van der Waals surface area contributed by atoms with E-state index >= 15 is 0 Å². The van der Waals surface area contributed by atoms with Gasteiger partial charge in [0, 0.05) is 18.5 Å². The second-order valence-electron chi connectivity index (χ2n) is 7.95. The van der Waals surface area contributed by atoms with E-state index < -0.39 is 41.4 Å². The number of likely N-dealkylation sites (tertiary alicyclic amines) is 1. The van der Waals surface area contributed by atoms with Crippen LogP contribution in [0.25, 0.3) is 0 Å². The first-order valence-corrected chi connectivity index (χ1v) is 9.25. The van der Waals surface area contributed by atoms with Gasteiger partial charge >= 0.3 is 5.97 Å². The number of ether oxygens (including phenoxy) is 1. The number of hydrogen-bond acceptors (Lipinski definition) is 5. The molecule has 1 saturated carbocycles. The maximum absolute atomic E-state index is 12.8. The molecule has 1 unspecified atom stereocenters. The van der Waals surface area contributed by atoms with Crippen LogP contribution in [-0.4, -0.2) is 52.8 Å². The van der Waals surface area contributed by atoms with Crippen LogP contribution >= 0.6 is 0 Å². The minimum atomic E-state index is -1.53. The highest BCUT2D eigenvalue weighted by molar-refractivity contribution is 6.21. The van der Waals surface area contributed by atoms with E-state index in [0.717, 1.165) is 24.2 Å². The zero-order chi connectivity index (χ0) is 20.5. The van der Waals surface area contributed by atoms with Gasteiger partial charge in [-0.2, -0.15) is 0 Å². The van der Waals surface area contributed by atoms with Crippen LogP contribution in [0.2, 0.25) is 0 Å². The standard InChI is InChI=1S/C20H24N2O6/c1-20(2)11-22(10-12-3-5-13(6-4-12)28-14-7-8-14)19(27)16(17(20)25)18(26)21-9-15(23)24/h3-6,14,16H,7-11H2,1-2H3,(H,21,26)(H,23,24). The normalized spacial score (nSPS) is 21.4. The SMILES string of the molecule is CC1(C)CN(Cc2ccc(OC3CC3)cc2)C(=O)C(C(=O)NCC(=O)O)C1=O. The molecule has 1 aliphatic heterocycles. The van der Waals surface area contributed by atoms with Crippen molar-refractivity contribution in [2.75, 3.05) is 13.1 Å². The maximum Gasteiger partial charge on any atom is 0.322 e. The summed E-state index contributed by atoms with van der Waals surface area (Å²) in [4.78, 5) is 49.9. The summed E-state index contributed by atoms with van der Waals surface area (Å²) in [6.45, 7) is 3.16. The van der Waals surface area contributed by atoms with Crippen LogP contribution < -0.4 is 10.1 Å². The van der Waals surface area contributed by atoms with Gasteiger partial charge in [0.25, 0.3) is 0 Å². The van der Waals surface area contributed by atoms with Crippen molar-refractivity contribution in [3.8, 4) is 5.75 Å². The second-order valence-corrected chi connectivity index (χ2v) is 7.95. The minimum Gasteiger partial charge on any atom is -0.490 e. The van der Waals surface area contributed by atoms with Crippen molar-refractivity contribution >= 4 is 23.6 Å². The Morgan fingerprint density at radius 1 is 1.21 bits per heavy atom. The molecule has 1 atom stereocenters. The van der Waals surface area contributed by atoms with Gasteiger partial charge < -0.3 is 20.1 Å². The number of ketones is 1. The summed E-state index contributed by atoms with van der Waals surface area (Å²) < 4.78 is 5.71. The lowest BCUT2D eigenvalue weighted by atomic mass is 9.76. The minimum absolute atomic E-state index is 0.188. The van der Waals surface area contributed by atoms with Gasteiger partial charge in [0.1, 0.15) is 12.3 Å². The molecule has 2 amide bonds. The fourth-order valence-corrected chi connectivity index (χ4v) is 3.22. The number of nitrogens with zero attached hydrogens (tertiary/aromatic N) is 1. The molecule has 8 heteroatoms. The van der Waals surface area contributed by atoms with Gasteiger partial charge in [-0.05, 0) is 30.5 Å². The topological polar surface area (TPSA) is 113 Å². The highest BCUT2D eigenvalue weighted by atomic mass is 16.5. The van der Waals surface area contributed by atoms with E-state index in [9.17, 15) is 19.2 Å². The zero-order valence-electron chi connectivity index (χ0n) is 15.9. The van der Waals surface area contributed by atoms with Gasteiger partial charge in [-0.3, -0.25) is 19.2 Å². The van der Waals surface area contributed by atoms with Crippen LogP contribution in [0.15, 0.2) is 24.3 Å². The lowest BCUT2D eigenvalue weighted by Crippen LogP contribution is -2.59.